The van der Waals surface area contributed by atoms with E-state index in [1.54, 1.807) is 12.1 Å². The molecule has 0 unspecified atom stereocenters. The number of nitrogens with one attached hydrogen (secondary N) is 1. The SMILES string of the molecule is CC(C)(C)c1ccc2[nH]c(C(F)(F)F)cc(=O)c2c1. The van der Waals surface area contributed by atoms with Crippen molar-refractivity contribution in [2.45, 2.75) is 32.4 Å². The molecule has 0 atom stereocenters. The maximum absolute atomic E-state index is 12.6. The first-order chi connectivity index (χ1) is 8.59. The number of benzene rings is 1. The molecular formula is C14H14F3NO. The number of fused-ring (bicyclic) bond motifs is 1. The Balaban J connectivity index is 2.71. The average molecular weight is 269 g/mol. The summed E-state index contributed by atoms with van der Waals surface area (Å²) in [6, 6.07) is 5.51. The monoisotopic (exact) mass is 269 g/mol. The van der Waals surface area contributed by atoms with E-state index < -0.39 is 17.3 Å². The first kappa shape index (κ1) is 13.6. The lowest BCUT2D eigenvalue weighted by Gasteiger charge is -2.19. The number of aromatic amines is 1. The highest BCUT2D eigenvalue weighted by Crippen LogP contribution is 2.29. The Kier molecular flexibility index (Phi) is 2.96. The van der Waals surface area contributed by atoms with Crippen LogP contribution in [-0.4, -0.2) is 4.98 Å². The van der Waals surface area contributed by atoms with Gasteiger partial charge in [-0.1, -0.05) is 26.8 Å². The van der Waals surface area contributed by atoms with Crippen LogP contribution in [0.5, 0.6) is 0 Å². The van der Waals surface area contributed by atoms with E-state index in [-0.39, 0.29) is 16.3 Å². The molecule has 2 aromatic rings. The Hall–Kier alpha value is -1.78. The molecule has 2 nitrogen and oxygen atoms in total. The lowest BCUT2D eigenvalue weighted by atomic mass is 9.86. The fraction of sp³-hybridized carbons (Fsp3) is 0.357. The number of rotatable bonds is 0. The highest BCUT2D eigenvalue weighted by atomic mass is 19.4. The average Bonchev–Trinajstić information content (AvgIpc) is 2.26. The molecule has 0 spiro atoms. The maximum Gasteiger partial charge on any atom is 0.431 e. The number of H-pyrrole nitrogens is 1. The Morgan fingerprint density at radius 1 is 1.05 bits per heavy atom. The first-order valence-corrected chi connectivity index (χ1v) is 5.84. The lowest BCUT2D eigenvalue weighted by molar-refractivity contribution is -0.141. The molecule has 1 aromatic carbocycles. The van der Waals surface area contributed by atoms with Crippen molar-refractivity contribution >= 4 is 10.9 Å². The second-order valence-electron chi connectivity index (χ2n) is 5.56. The van der Waals surface area contributed by atoms with E-state index in [1.165, 1.54) is 6.07 Å². The summed E-state index contributed by atoms with van der Waals surface area (Å²) < 4.78 is 37.8. The van der Waals surface area contributed by atoms with Gasteiger partial charge in [-0.3, -0.25) is 4.79 Å². The number of hydrogen-bond acceptors (Lipinski definition) is 1. The van der Waals surface area contributed by atoms with E-state index in [9.17, 15) is 18.0 Å². The molecule has 0 saturated heterocycles. The van der Waals surface area contributed by atoms with Crippen LogP contribution in [0.4, 0.5) is 13.2 Å². The van der Waals surface area contributed by atoms with Gasteiger partial charge in [-0.05, 0) is 23.1 Å². The molecule has 1 aromatic heterocycles. The number of halogens is 3. The van der Waals surface area contributed by atoms with Gasteiger partial charge in [-0.25, -0.2) is 0 Å². The molecule has 0 amide bonds. The molecule has 2 rings (SSSR count). The van der Waals surface area contributed by atoms with Gasteiger partial charge in [0.1, 0.15) is 5.69 Å². The third kappa shape index (κ3) is 2.64. The molecule has 0 aliphatic heterocycles. The van der Waals surface area contributed by atoms with Crippen LogP contribution >= 0.6 is 0 Å². The molecular weight excluding hydrogens is 255 g/mol. The summed E-state index contributed by atoms with van der Waals surface area (Å²) in [7, 11) is 0. The van der Waals surface area contributed by atoms with Gasteiger partial charge in [0.2, 0.25) is 0 Å². The minimum atomic E-state index is -4.55. The Bertz CT molecular complexity index is 678. The lowest BCUT2D eigenvalue weighted by Crippen LogP contribution is -2.15. The predicted octanol–water partition coefficient (Wildman–Crippen LogP) is 3.84. The van der Waals surface area contributed by atoms with Crippen LogP contribution < -0.4 is 5.43 Å². The highest BCUT2D eigenvalue weighted by Gasteiger charge is 2.32. The van der Waals surface area contributed by atoms with Gasteiger partial charge in [0.05, 0.1) is 0 Å². The van der Waals surface area contributed by atoms with Crippen LogP contribution in [0.25, 0.3) is 10.9 Å². The van der Waals surface area contributed by atoms with Gasteiger partial charge in [0, 0.05) is 17.0 Å². The van der Waals surface area contributed by atoms with E-state index in [1.807, 2.05) is 20.8 Å². The minimum Gasteiger partial charge on any atom is -0.351 e. The molecule has 0 radical (unpaired) electrons. The smallest absolute Gasteiger partial charge is 0.351 e. The van der Waals surface area contributed by atoms with Crippen molar-refractivity contribution in [2.75, 3.05) is 0 Å². The van der Waals surface area contributed by atoms with E-state index in [4.69, 9.17) is 0 Å². The second-order valence-corrected chi connectivity index (χ2v) is 5.56. The van der Waals surface area contributed by atoms with Crippen LogP contribution in [0.2, 0.25) is 0 Å². The van der Waals surface area contributed by atoms with Crippen LogP contribution in [0, 0.1) is 0 Å². The summed E-state index contributed by atoms with van der Waals surface area (Å²) in [6.45, 7) is 5.94. The second kappa shape index (κ2) is 4.11. The molecule has 0 saturated carbocycles. The van der Waals surface area contributed by atoms with Crippen molar-refractivity contribution < 1.29 is 13.2 Å². The molecule has 5 heteroatoms. The number of aromatic nitrogens is 1. The number of pyridine rings is 1. The molecule has 0 aliphatic carbocycles. The molecule has 102 valence electrons. The fourth-order valence-electron chi connectivity index (χ4n) is 1.87. The summed E-state index contributed by atoms with van der Waals surface area (Å²) in [5.41, 5.74) is -0.692. The van der Waals surface area contributed by atoms with Crippen molar-refractivity contribution in [3.63, 3.8) is 0 Å². The number of hydrogen-bond donors (Lipinski definition) is 1. The quantitative estimate of drug-likeness (QED) is 0.774. The molecule has 1 heterocycles. The normalized spacial score (nSPS) is 12.9. The summed E-state index contributed by atoms with van der Waals surface area (Å²) in [5.74, 6) is 0. The zero-order valence-electron chi connectivity index (χ0n) is 10.9. The van der Waals surface area contributed by atoms with Gasteiger partial charge in [0.25, 0.3) is 0 Å². The third-order valence-electron chi connectivity index (χ3n) is 3.00. The minimum absolute atomic E-state index is 0.163. The van der Waals surface area contributed by atoms with Gasteiger partial charge >= 0.3 is 6.18 Å². The van der Waals surface area contributed by atoms with E-state index in [0.717, 1.165) is 5.56 Å². The van der Waals surface area contributed by atoms with Crippen LogP contribution in [0.15, 0.2) is 29.1 Å². The fourth-order valence-corrected chi connectivity index (χ4v) is 1.87. The van der Waals surface area contributed by atoms with Crippen molar-refractivity contribution in [1.82, 2.24) is 4.98 Å². The molecule has 0 aliphatic rings. The van der Waals surface area contributed by atoms with Gasteiger partial charge in [0.15, 0.2) is 5.43 Å². The Morgan fingerprint density at radius 3 is 2.21 bits per heavy atom. The maximum atomic E-state index is 12.6. The summed E-state index contributed by atoms with van der Waals surface area (Å²) in [6.07, 6.45) is -4.55. The van der Waals surface area contributed by atoms with E-state index in [2.05, 4.69) is 4.98 Å². The zero-order chi connectivity index (χ0) is 14.4. The highest BCUT2D eigenvalue weighted by molar-refractivity contribution is 5.79. The molecule has 19 heavy (non-hydrogen) atoms. The van der Waals surface area contributed by atoms with Gasteiger partial charge < -0.3 is 4.98 Å². The van der Waals surface area contributed by atoms with Crippen LogP contribution in [0.3, 0.4) is 0 Å². The van der Waals surface area contributed by atoms with Crippen molar-refractivity contribution in [3.05, 3.63) is 45.7 Å². The third-order valence-corrected chi connectivity index (χ3v) is 3.00. The van der Waals surface area contributed by atoms with Crippen LogP contribution in [-0.2, 0) is 11.6 Å². The standard InChI is InChI=1S/C14H14F3NO/c1-13(2,3)8-4-5-10-9(6-8)11(19)7-12(18-10)14(15,16)17/h4-7H,1-3H3,(H,18,19). The largest absolute Gasteiger partial charge is 0.431 e. The zero-order valence-corrected chi connectivity index (χ0v) is 10.9. The molecule has 1 N–H and O–H groups in total. The molecule has 0 fully saturated rings. The van der Waals surface area contributed by atoms with Crippen LogP contribution in [0.1, 0.15) is 32.0 Å². The predicted molar refractivity (Wildman–Crippen MR) is 68.3 cm³/mol. The molecule has 0 bridgehead atoms. The Labute approximate surface area is 108 Å². The van der Waals surface area contributed by atoms with E-state index >= 15 is 0 Å². The summed E-state index contributed by atoms with van der Waals surface area (Å²) in [4.78, 5) is 14.1. The van der Waals surface area contributed by atoms with Crippen molar-refractivity contribution in [1.29, 1.82) is 0 Å². The number of alkyl halides is 3. The van der Waals surface area contributed by atoms with Crippen molar-refractivity contribution in [2.24, 2.45) is 0 Å². The van der Waals surface area contributed by atoms with Gasteiger partial charge in [-0.15, -0.1) is 0 Å². The summed E-state index contributed by atoms with van der Waals surface area (Å²) in [5, 5.41) is 0.278. The first-order valence-electron chi connectivity index (χ1n) is 5.84. The Morgan fingerprint density at radius 2 is 1.68 bits per heavy atom. The topological polar surface area (TPSA) is 32.9 Å². The van der Waals surface area contributed by atoms with Gasteiger partial charge in [-0.2, -0.15) is 13.2 Å². The van der Waals surface area contributed by atoms with Crippen molar-refractivity contribution in [3.8, 4) is 0 Å². The summed E-state index contributed by atoms with van der Waals surface area (Å²) >= 11 is 0. The van der Waals surface area contributed by atoms with E-state index in [0.29, 0.717) is 6.07 Å².